The van der Waals surface area contributed by atoms with E-state index in [9.17, 15) is 4.79 Å². The van der Waals surface area contributed by atoms with Crippen LogP contribution in [0.25, 0.3) is 11.0 Å². The number of H-pyrrole nitrogens is 1. The SMILES string of the molecule is O=C(O)c1cc2[nH]cnc2c(C2CCCO2)n1. The van der Waals surface area contributed by atoms with E-state index in [1.54, 1.807) is 0 Å². The molecule has 0 aliphatic carbocycles. The van der Waals surface area contributed by atoms with Crippen LogP contribution in [0.1, 0.15) is 35.1 Å². The molecule has 1 aliphatic heterocycles. The fraction of sp³-hybridized carbons (Fsp3) is 0.364. The molecule has 1 atom stereocenters. The Bertz CT molecular complexity index is 572. The Labute approximate surface area is 96.6 Å². The molecule has 0 spiro atoms. The Balaban J connectivity index is 2.19. The number of carboxylic acid groups (broad SMARTS) is 1. The summed E-state index contributed by atoms with van der Waals surface area (Å²) in [5.74, 6) is -1.04. The summed E-state index contributed by atoms with van der Waals surface area (Å²) < 4.78 is 5.54. The molecule has 3 heterocycles. The zero-order valence-corrected chi connectivity index (χ0v) is 9.01. The van der Waals surface area contributed by atoms with Crippen LogP contribution in [0.4, 0.5) is 0 Å². The van der Waals surface area contributed by atoms with Crippen LogP contribution < -0.4 is 0 Å². The van der Waals surface area contributed by atoms with E-state index in [0.717, 1.165) is 12.8 Å². The van der Waals surface area contributed by atoms with Gasteiger partial charge in [-0.2, -0.15) is 0 Å². The highest BCUT2D eigenvalue weighted by molar-refractivity contribution is 5.90. The van der Waals surface area contributed by atoms with E-state index in [0.29, 0.717) is 23.3 Å². The highest BCUT2D eigenvalue weighted by Crippen LogP contribution is 2.31. The summed E-state index contributed by atoms with van der Waals surface area (Å²) >= 11 is 0. The number of aromatic carboxylic acids is 1. The maximum atomic E-state index is 11.0. The molecule has 1 unspecified atom stereocenters. The minimum Gasteiger partial charge on any atom is -0.477 e. The van der Waals surface area contributed by atoms with E-state index in [1.807, 2.05) is 0 Å². The van der Waals surface area contributed by atoms with Crippen molar-refractivity contribution >= 4 is 17.0 Å². The number of aromatic nitrogens is 3. The number of hydrogen-bond donors (Lipinski definition) is 2. The third kappa shape index (κ3) is 1.66. The van der Waals surface area contributed by atoms with Crippen LogP contribution >= 0.6 is 0 Å². The first-order valence-electron chi connectivity index (χ1n) is 5.44. The van der Waals surface area contributed by atoms with Crippen LogP contribution in [0.15, 0.2) is 12.4 Å². The monoisotopic (exact) mass is 233 g/mol. The number of imidazole rings is 1. The van der Waals surface area contributed by atoms with Crippen molar-refractivity contribution in [2.75, 3.05) is 6.61 Å². The quantitative estimate of drug-likeness (QED) is 0.820. The van der Waals surface area contributed by atoms with Crippen molar-refractivity contribution in [1.29, 1.82) is 0 Å². The van der Waals surface area contributed by atoms with Gasteiger partial charge in [0.2, 0.25) is 0 Å². The van der Waals surface area contributed by atoms with Gasteiger partial charge in [0.1, 0.15) is 11.6 Å². The first-order chi connectivity index (χ1) is 8.25. The molecule has 0 aromatic carbocycles. The van der Waals surface area contributed by atoms with Gasteiger partial charge in [0.15, 0.2) is 5.69 Å². The molecule has 3 rings (SSSR count). The molecule has 1 aliphatic rings. The normalized spacial score (nSPS) is 19.9. The van der Waals surface area contributed by atoms with Crippen molar-refractivity contribution in [3.63, 3.8) is 0 Å². The van der Waals surface area contributed by atoms with E-state index in [2.05, 4.69) is 15.0 Å². The van der Waals surface area contributed by atoms with Crippen molar-refractivity contribution in [1.82, 2.24) is 15.0 Å². The number of nitrogens with zero attached hydrogens (tertiary/aromatic N) is 2. The van der Waals surface area contributed by atoms with Gasteiger partial charge in [-0.3, -0.25) is 0 Å². The second-order valence-corrected chi connectivity index (χ2v) is 4.00. The predicted molar refractivity (Wildman–Crippen MR) is 58.8 cm³/mol. The van der Waals surface area contributed by atoms with Crippen molar-refractivity contribution in [3.05, 3.63) is 23.8 Å². The second kappa shape index (κ2) is 3.81. The van der Waals surface area contributed by atoms with Gasteiger partial charge in [0.25, 0.3) is 0 Å². The zero-order valence-electron chi connectivity index (χ0n) is 9.01. The van der Waals surface area contributed by atoms with Crippen LogP contribution in [0.2, 0.25) is 0 Å². The molecule has 2 aromatic rings. The average molecular weight is 233 g/mol. The van der Waals surface area contributed by atoms with Gasteiger partial charge < -0.3 is 14.8 Å². The van der Waals surface area contributed by atoms with Crippen LogP contribution in [0.3, 0.4) is 0 Å². The first kappa shape index (κ1) is 10.2. The summed E-state index contributed by atoms with van der Waals surface area (Å²) in [6, 6.07) is 1.49. The van der Waals surface area contributed by atoms with E-state index in [4.69, 9.17) is 9.84 Å². The van der Waals surface area contributed by atoms with Crippen LogP contribution in [0.5, 0.6) is 0 Å². The third-order valence-electron chi connectivity index (χ3n) is 2.89. The molecule has 6 heteroatoms. The van der Waals surface area contributed by atoms with Gasteiger partial charge in [-0.05, 0) is 18.9 Å². The second-order valence-electron chi connectivity index (χ2n) is 4.00. The summed E-state index contributed by atoms with van der Waals surface area (Å²) in [5, 5.41) is 9.01. The Morgan fingerprint density at radius 2 is 2.47 bits per heavy atom. The van der Waals surface area contributed by atoms with Gasteiger partial charge in [0.05, 0.1) is 17.5 Å². The fourth-order valence-electron chi connectivity index (χ4n) is 2.10. The van der Waals surface area contributed by atoms with Gasteiger partial charge in [0, 0.05) is 6.61 Å². The zero-order chi connectivity index (χ0) is 11.8. The predicted octanol–water partition coefficient (Wildman–Crippen LogP) is 1.51. The number of rotatable bonds is 2. The summed E-state index contributed by atoms with van der Waals surface area (Å²) in [7, 11) is 0. The van der Waals surface area contributed by atoms with Gasteiger partial charge in [-0.25, -0.2) is 14.8 Å². The van der Waals surface area contributed by atoms with Crippen LogP contribution in [-0.2, 0) is 4.74 Å². The van der Waals surface area contributed by atoms with Crippen molar-refractivity contribution in [2.45, 2.75) is 18.9 Å². The molecule has 0 bridgehead atoms. The Kier molecular flexibility index (Phi) is 2.29. The number of aromatic amines is 1. The molecular formula is C11H11N3O3. The lowest BCUT2D eigenvalue weighted by molar-refractivity contribution is 0.0688. The Morgan fingerprint density at radius 3 is 3.18 bits per heavy atom. The van der Waals surface area contributed by atoms with E-state index < -0.39 is 5.97 Å². The third-order valence-corrected chi connectivity index (χ3v) is 2.89. The Hall–Kier alpha value is -1.95. The summed E-state index contributed by atoms with van der Waals surface area (Å²) in [6.07, 6.45) is 3.23. The van der Waals surface area contributed by atoms with Gasteiger partial charge >= 0.3 is 5.97 Å². The topological polar surface area (TPSA) is 88.1 Å². The standard InChI is InChI=1S/C11H11N3O3/c15-11(16)7-4-6-9(13-5-12-6)10(14-7)8-2-1-3-17-8/h4-5,8H,1-3H2,(H,12,13)(H,15,16). The summed E-state index contributed by atoms with van der Waals surface area (Å²) in [4.78, 5) is 22.2. The number of fused-ring (bicyclic) bond motifs is 1. The number of carbonyl (C=O) groups is 1. The number of ether oxygens (including phenoxy) is 1. The maximum Gasteiger partial charge on any atom is 0.354 e. The summed E-state index contributed by atoms with van der Waals surface area (Å²) in [6.45, 7) is 0.690. The average Bonchev–Trinajstić information content (AvgIpc) is 2.98. The van der Waals surface area contributed by atoms with Crippen LogP contribution in [-0.4, -0.2) is 32.6 Å². The van der Waals surface area contributed by atoms with Crippen LogP contribution in [0, 0.1) is 0 Å². The lowest BCUT2D eigenvalue weighted by Crippen LogP contribution is -2.07. The molecule has 0 amide bonds. The van der Waals surface area contributed by atoms with Gasteiger partial charge in [-0.15, -0.1) is 0 Å². The largest absolute Gasteiger partial charge is 0.477 e. The molecule has 1 saturated heterocycles. The Morgan fingerprint density at radius 1 is 1.59 bits per heavy atom. The maximum absolute atomic E-state index is 11.0. The lowest BCUT2D eigenvalue weighted by Gasteiger charge is -2.10. The smallest absolute Gasteiger partial charge is 0.354 e. The molecule has 1 fully saturated rings. The number of pyridine rings is 1. The summed E-state index contributed by atoms with van der Waals surface area (Å²) in [5.41, 5.74) is 2.02. The first-order valence-corrected chi connectivity index (χ1v) is 5.44. The van der Waals surface area contributed by atoms with Crippen molar-refractivity contribution in [2.24, 2.45) is 0 Å². The van der Waals surface area contributed by atoms with E-state index >= 15 is 0 Å². The van der Waals surface area contributed by atoms with E-state index in [-0.39, 0.29) is 11.8 Å². The minimum atomic E-state index is -1.04. The minimum absolute atomic E-state index is 0.0206. The van der Waals surface area contributed by atoms with Crippen molar-refractivity contribution < 1.29 is 14.6 Å². The molecule has 0 radical (unpaired) electrons. The molecule has 2 N–H and O–H groups in total. The van der Waals surface area contributed by atoms with Gasteiger partial charge in [-0.1, -0.05) is 0 Å². The van der Waals surface area contributed by atoms with Crippen molar-refractivity contribution in [3.8, 4) is 0 Å². The fourth-order valence-corrected chi connectivity index (χ4v) is 2.10. The highest BCUT2D eigenvalue weighted by Gasteiger charge is 2.24. The molecule has 17 heavy (non-hydrogen) atoms. The molecule has 0 saturated carbocycles. The number of carboxylic acids is 1. The van der Waals surface area contributed by atoms with E-state index in [1.165, 1.54) is 12.4 Å². The highest BCUT2D eigenvalue weighted by atomic mass is 16.5. The molecule has 2 aromatic heterocycles. The molecular weight excluding hydrogens is 222 g/mol. The molecule has 88 valence electrons. The molecule has 6 nitrogen and oxygen atoms in total. The number of hydrogen-bond acceptors (Lipinski definition) is 4. The number of nitrogens with one attached hydrogen (secondary N) is 1. The lowest BCUT2D eigenvalue weighted by atomic mass is 10.1.